The van der Waals surface area contributed by atoms with Crippen LogP contribution >= 0.6 is 0 Å². The maximum atomic E-state index is 11.8. The number of hydrogen-bond donors (Lipinski definition) is 4. The van der Waals surface area contributed by atoms with Gasteiger partial charge in [0.25, 0.3) is 0 Å². The molecule has 0 radical (unpaired) electrons. The molecule has 5 N–H and O–H groups in total. The maximum absolute atomic E-state index is 11.8. The van der Waals surface area contributed by atoms with Gasteiger partial charge in [-0.2, -0.15) is 0 Å². The number of benzene rings is 1. The minimum atomic E-state index is -3.74. The van der Waals surface area contributed by atoms with Gasteiger partial charge in [-0.15, -0.1) is 0 Å². The molecule has 1 heterocycles. The summed E-state index contributed by atoms with van der Waals surface area (Å²) in [6.45, 7) is 0.607. The third kappa shape index (κ3) is 3.76. The fourth-order valence-corrected chi connectivity index (χ4v) is 2.65. The molecule has 8 heteroatoms. The van der Waals surface area contributed by atoms with Crippen LogP contribution in [0.15, 0.2) is 29.2 Å². The Morgan fingerprint density at radius 1 is 1.50 bits per heavy atom. The number of aliphatic hydroxyl groups excluding tert-OH is 1. The molecule has 110 valence electrons. The van der Waals surface area contributed by atoms with Crippen LogP contribution < -0.4 is 15.8 Å². The van der Waals surface area contributed by atoms with Gasteiger partial charge in [0.15, 0.2) is 0 Å². The van der Waals surface area contributed by atoms with E-state index in [1.807, 2.05) is 0 Å². The van der Waals surface area contributed by atoms with Gasteiger partial charge in [0, 0.05) is 13.1 Å². The molecule has 0 aliphatic carbocycles. The Morgan fingerprint density at radius 3 is 2.85 bits per heavy atom. The van der Waals surface area contributed by atoms with Gasteiger partial charge in [-0.25, -0.2) is 13.6 Å². The molecule has 0 spiro atoms. The highest BCUT2D eigenvalue weighted by atomic mass is 32.2. The lowest BCUT2D eigenvalue weighted by atomic mass is 10.2. The molecule has 2 unspecified atom stereocenters. The second-order valence-electron chi connectivity index (χ2n) is 4.76. The molecule has 20 heavy (non-hydrogen) atoms. The molecule has 1 aliphatic rings. The average Bonchev–Trinajstić information content (AvgIpc) is 2.82. The fraction of sp³-hybridized carbons (Fsp3) is 0.417. The number of primary sulfonamides is 1. The average molecular weight is 299 g/mol. The Bertz CT molecular complexity index is 602. The molecule has 2 rings (SSSR count). The normalized spacial score (nSPS) is 22.7. The van der Waals surface area contributed by atoms with Crippen LogP contribution in [-0.4, -0.2) is 38.1 Å². The summed E-state index contributed by atoms with van der Waals surface area (Å²) in [5.41, 5.74) is 0.642. The number of nitrogens with two attached hydrogens (primary N) is 1. The second-order valence-corrected chi connectivity index (χ2v) is 6.32. The van der Waals surface area contributed by atoms with Crippen molar-refractivity contribution in [1.82, 2.24) is 10.6 Å². The molecule has 1 aromatic rings. The number of nitrogens with one attached hydrogen (secondary N) is 2. The predicted molar refractivity (Wildman–Crippen MR) is 72.1 cm³/mol. The zero-order valence-electron chi connectivity index (χ0n) is 10.7. The van der Waals surface area contributed by atoms with Crippen molar-refractivity contribution in [2.24, 2.45) is 5.14 Å². The highest BCUT2D eigenvalue weighted by Gasteiger charge is 2.27. The third-order valence-corrected chi connectivity index (χ3v) is 4.03. The Balaban J connectivity index is 1.96. The predicted octanol–water partition coefficient (Wildman–Crippen LogP) is -1.33. The van der Waals surface area contributed by atoms with Crippen molar-refractivity contribution in [3.05, 3.63) is 29.8 Å². The van der Waals surface area contributed by atoms with Crippen molar-refractivity contribution in [3.8, 4) is 0 Å². The molecule has 2 atom stereocenters. The number of rotatable bonds is 4. The smallest absolute Gasteiger partial charge is 0.238 e. The van der Waals surface area contributed by atoms with Crippen molar-refractivity contribution in [2.75, 3.05) is 6.54 Å². The van der Waals surface area contributed by atoms with Gasteiger partial charge in [-0.05, 0) is 24.1 Å². The van der Waals surface area contributed by atoms with Gasteiger partial charge in [-0.3, -0.25) is 4.79 Å². The Labute approximate surface area is 117 Å². The first-order valence-electron chi connectivity index (χ1n) is 6.17. The van der Waals surface area contributed by atoms with Crippen LogP contribution in [0.5, 0.6) is 0 Å². The van der Waals surface area contributed by atoms with Crippen LogP contribution in [0.3, 0.4) is 0 Å². The minimum absolute atomic E-state index is 0.0127. The number of aliphatic hydroxyl groups is 1. The van der Waals surface area contributed by atoms with Crippen molar-refractivity contribution in [2.45, 2.75) is 30.0 Å². The van der Waals surface area contributed by atoms with Crippen molar-refractivity contribution >= 4 is 15.9 Å². The largest absolute Gasteiger partial charge is 0.392 e. The molecule has 0 aromatic heterocycles. The summed E-state index contributed by atoms with van der Waals surface area (Å²) in [6, 6.07) is 5.68. The number of carbonyl (C=O) groups excluding carboxylic acids is 1. The lowest BCUT2D eigenvalue weighted by molar-refractivity contribution is -0.123. The van der Waals surface area contributed by atoms with Crippen LogP contribution in [0.25, 0.3) is 0 Å². The third-order valence-electron chi connectivity index (χ3n) is 3.12. The number of β-amino-alcohol motifs (C(OH)–C–C–N with tert-alkyl or cyclic N) is 1. The van der Waals surface area contributed by atoms with Crippen molar-refractivity contribution in [1.29, 1.82) is 0 Å². The minimum Gasteiger partial charge on any atom is -0.392 e. The first-order valence-corrected chi connectivity index (χ1v) is 7.72. The zero-order valence-corrected chi connectivity index (χ0v) is 11.6. The van der Waals surface area contributed by atoms with Gasteiger partial charge in [-0.1, -0.05) is 12.1 Å². The number of carbonyl (C=O) groups is 1. The molecule has 7 nitrogen and oxygen atoms in total. The molecule has 1 amide bonds. The summed E-state index contributed by atoms with van der Waals surface area (Å²) < 4.78 is 22.4. The zero-order chi connectivity index (χ0) is 14.8. The number of hydrogen-bond acceptors (Lipinski definition) is 5. The lowest BCUT2D eigenvalue weighted by Crippen LogP contribution is -2.40. The molecular formula is C12H17N3O4S. The van der Waals surface area contributed by atoms with Gasteiger partial charge in [0.2, 0.25) is 15.9 Å². The Hall–Kier alpha value is -1.48. The highest BCUT2D eigenvalue weighted by molar-refractivity contribution is 7.89. The highest BCUT2D eigenvalue weighted by Crippen LogP contribution is 2.10. The van der Waals surface area contributed by atoms with Crippen LogP contribution in [0, 0.1) is 0 Å². The molecule has 1 fully saturated rings. The van der Waals surface area contributed by atoms with E-state index in [-0.39, 0.29) is 17.3 Å². The summed E-state index contributed by atoms with van der Waals surface area (Å²) in [7, 11) is -3.74. The van der Waals surface area contributed by atoms with Crippen LogP contribution in [0.4, 0.5) is 0 Å². The summed E-state index contributed by atoms with van der Waals surface area (Å²) >= 11 is 0. The second kappa shape index (κ2) is 5.88. The van der Waals surface area contributed by atoms with E-state index in [1.54, 1.807) is 12.1 Å². The van der Waals surface area contributed by atoms with Gasteiger partial charge >= 0.3 is 0 Å². The molecular weight excluding hydrogens is 282 g/mol. The molecule has 1 aromatic carbocycles. The summed E-state index contributed by atoms with van der Waals surface area (Å²) in [6.07, 6.45) is -0.125. The summed E-state index contributed by atoms with van der Waals surface area (Å²) in [4.78, 5) is 11.8. The van der Waals surface area contributed by atoms with E-state index in [0.717, 1.165) is 0 Å². The van der Waals surface area contributed by atoms with E-state index < -0.39 is 22.2 Å². The van der Waals surface area contributed by atoms with E-state index >= 15 is 0 Å². The van der Waals surface area contributed by atoms with Crippen molar-refractivity contribution in [3.63, 3.8) is 0 Å². The molecule has 1 aliphatic heterocycles. The topological polar surface area (TPSA) is 122 Å². The van der Waals surface area contributed by atoms with Gasteiger partial charge in [0.1, 0.15) is 0 Å². The van der Waals surface area contributed by atoms with Gasteiger partial charge in [0.05, 0.1) is 17.0 Å². The maximum Gasteiger partial charge on any atom is 0.238 e. The monoisotopic (exact) mass is 299 g/mol. The van der Waals surface area contributed by atoms with E-state index in [0.29, 0.717) is 18.5 Å². The molecule has 0 saturated carbocycles. The van der Waals surface area contributed by atoms with E-state index in [1.165, 1.54) is 12.1 Å². The molecule has 0 bridgehead atoms. The van der Waals surface area contributed by atoms with Crippen molar-refractivity contribution < 1.29 is 18.3 Å². The van der Waals surface area contributed by atoms with Crippen LogP contribution in [-0.2, 0) is 21.4 Å². The summed E-state index contributed by atoms with van der Waals surface area (Å²) in [5, 5.41) is 20.0. The van der Waals surface area contributed by atoms with E-state index in [9.17, 15) is 18.3 Å². The standard InChI is InChI=1S/C12H17N3O4S/c13-20(18,19)10-3-1-2-8(4-10)6-15-12(17)11-5-9(16)7-14-11/h1-4,9,11,14,16H,5-7H2,(H,15,17)(H2,13,18,19). The van der Waals surface area contributed by atoms with E-state index in [4.69, 9.17) is 5.14 Å². The quantitative estimate of drug-likeness (QED) is 0.549. The Morgan fingerprint density at radius 2 is 2.25 bits per heavy atom. The van der Waals surface area contributed by atoms with Crippen LogP contribution in [0.2, 0.25) is 0 Å². The Kier molecular flexibility index (Phi) is 4.39. The fourth-order valence-electron chi connectivity index (χ4n) is 2.06. The van der Waals surface area contributed by atoms with E-state index in [2.05, 4.69) is 10.6 Å². The molecule has 1 saturated heterocycles. The summed E-state index contributed by atoms with van der Waals surface area (Å²) in [5.74, 6) is -0.220. The first-order chi connectivity index (χ1) is 9.36. The number of amides is 1. The number of sulfonamides is 1. The SMILES string of the molecule is NS(=O)(=O)c1cccc(CNC(=O)C2CC(O)CN2)c1. The van der Waals surface area contributed by atoms with Gasteiger partial charge < -0.3 is 15.7 Å². The lowest BCUT2D eigenvalue weighted by Gasteiger charge is -2.11. The first kappa shape index (κ1) is 14.9. The van der Waals surface area contributed by atoms with Crippen LogP contribution in [0.1, 0.15) is 12.0 Å².